The van der Waals surface area contributed by atoms with Crippen LogP contribution in [0.2, 0.25) is 0 Å². The molecule has 20 heteroatoms. The number of aromatic hydroxyl groups is 2. The van der Waals surface area contributed by atoms with Crippen molar-refractivity contribution in [1.29, 1.82) is 0 Å². The van der Waals surface area contributed by atoms with Crippen LogP contribution >= 0.6 is 0 Å². The van der Waals surface area contributed by atoms with Gasteiger partial charge in [0.15, 0.2) is 11.6 Å². The fourth-order valence-corrected chi connectivity index (χ4v) is 7.45. The van der Waals surface area contributed by atoms with Gasteiger partial charge in [-0.15, -0.1) is 12.8 Å². The van der Waals surface area contributed by atoms with Gasteiger partial charge in [-0.3, -0.25) is 9.59 Å². The number of hydrogen-bond acceptors (Lipinski definition) is 12. The van der Waals surface area contributed by atoms with Crippen molar-refractivity contribution >= 4 is 31.8 Å². The first-order valence-electron chi connectivity index (χ1n) is 21.1. The van der Waals surface area contributed by atoms with Crippen LogP contribution in [0.4, 0.5) is 17.6 Å². The number of aryl methyl sites for hydroxylation is 2. The van der Waals surface area contributed by atoms with E-state index in [-0.39, 0.29) is 143 Å². The van der Waals surface area contributed by atoms with Crippen molar-refractivity contribution in [2.45, 2.75) is 23.6 Å². The summed E-state index contributed by atoms with van der Waals surface area (Å²) in [5.41, 5.74) is 4.49. The number of hydrogen-bond donors (Lipinski definition) is 2. The second-order valence-corrected chi connectivity index (χ2v) is 18.1. The number of carbonyl (C=O) groups is 2. The van der Waals surface area contributed by atoms with Crippen LogP contribution in [0, 0.1) is 61.8 Å². The molecule has 76 heavy (non-hydrogen) atoms. The number of terminal acetylenes is 2. The molecule has 0 heterocycles. The van der Waals surface area contributed by atoms with E-state index in [1.807, 2.05) is 26.0 Å². The normalized spacial score (nSPS) is 10.3. The SMILES string of the molecule is C#Cc1cc(C)cc(Oc2ccc(Oc3ccc(C(=O)c4ccc(C)cc4)cc3)c(S(=O)(=O)[O-])c2)c1.C#Cc1cc(F)cc(F)c1.O=C(c1ccc(F)cc1)c1ccc(F)cc1.O=S(=O)([O-])c1cc(O)ccc1O.[K+].[K+]. The largest absolute Gasteiger partial charge is 1.00 e. The molecule has 376 valence electrons. The third kappa shape index (κ3) is 20.0. The van der Waals surface area contributed by atoms with Gasteiger partial charge in [-0.2, -0.15) is 0 Å². The van der Waals surface area contributed by atoms with E-state index in [4.69, 9.17) is 32.5 Å². The van der Waals surface area contributed by atoms with Gasteiger partial charge in [-0.05, 0) is 147 Å². The number of phenolic OH excluding ortho intramolecular Hbond substituents is 2. The Morgan fingerprint density at radius 2 is 0.895 bits per heavy atom. The van der Waals surface area contributed by atoms with E-state index >= 15 is 0 Å². The summed E-state index contributed by atoms with van der Waals surface area (Å²) in [5, 5.41) is 17.7. The molecule has 0 aromatic heterocycles. The molecule has 8 aromatic carbocycles. The predicted octanol–water partition coefficient (Wildman–Crippen LogP) is 5.16. The molecular weight excluding hydrogens is 1080 g/mol. The van der Waals surface area contributed by atoms with Crippen LogP contribution in [0.5, 0.6) is 34.5 Å². The fourth-order valence-electron chi connectivity index (χ4n) is 6.24. The van der Waals surface area contributed by atoms with E-state index in [2.05, 4.69) is 11.8 Å². The number of rotatable bonds is 10. The monoisotopic (exact) mass is 1120 g/mol. The predicted molar refractivity (Wildman–Crippen MR) is 263 cm³/mol. The molecule has 0 unspecified atom stereocenters. The molecule has 0 aliphatic rings. The van der Waals surface area contributed by atoms with Crippen molar-refractivity contribution in [3.05, 3.63) is 238 Å². The summed E-state index contributed by atoms with van der Waals surface area (Å²) in [7, 11) is -9.61. The average molecular weight is 1120 g/mol. The first-order valence-corrected chi connectivity index (χ1v) is 24.0. The van der Waals surface area contributed by atoms with E-state index in [1.54, 1.807) is 42.5 Å². The Bertz CT molecular complexity index is 3580. The smallest absolute Gasteiger partial charge is 0.744 e. The summed E-state index contributed by atoms with van der Waals surface area (Å²) in [5.74, 6) is 1.74. The van der Waals surface area contributed by atoms with Crippen LogP contribution in [0.3, 0.4) is 0 Å². The molecule has 0 atom stereocenters. The third-order valence-electron chi connectivity index (χ3n) is 9.75. The van der Waals surface area contributed by atoms with Crippen LogP contribution in [-0.2, 0) is 20.2 Å². The molecule has 0 saturated heterocycles. The molecule has 12 nitrogen and oxygen atoms in total. The Hall–Kier alpha value is -5.77. The standard InChI is InChI=1S/C29H22O6S.C13H8F2O.C8H4F2.C6H6O5S.2K/c1-4-21-15-20(3)16-26(17-21)34-25-13-14-27(28(18-25)36(31,32)33)35-24-11-9-23(10-12-24)29(30)22-7-5-19(2)6-8-22;14-11-5-1-9(2-6-11)13(16)10-3-7-12(15)8-4-10;1-2-6-3-7(9)5-8(10)4-6;7-4-1-2-5(8)6(3-4)12(9,10)11;;/h1,5-18H,2-3H3,(H,31,32,33);1-8H;1,3-5H;1-3,7-8H,(H,9,10,11);;/q;;;;2*+1/p-2. The van der Waals surface area contributed by atoms with Gasteiger partial charge in [0.1, 0.15) is 82.9 Å². The maximum absolute atomic E-state index is 12.7. The molecule has 0 bridgehead atoms. The molecule has 0 fully saturated rings. The van der Waals surface area contributed by atoms with E-state index < -0.39 is 59.0 Å². The van der Waals surface area contributed by atoms with Crippen LogP contribution in [-0.4, -0.2) is 47.7 Å². The van der Waals surface area contributed by atoms with Crippen molar-refractivity contribution in [2.24, 2.45) is 0 Å². The molecule has 0 amide bonds. The minimum atomic E-state index is -4.89. The van der Waals surface area contributed by atoms with Gasteiger partial charge in [0.2, 0.25) is 0 Å². The minimum Gasteiger partial charge on any atom is -0.744 e. The van der Waals surface area contributed by atoms with Gasteiger partial charge < -0.3 is 28.8 Å². The second-order valence-electron chi connectivity index (χ2n) is 15.4. The zero-order chi connectivity index (χ0) is 54.3. The van der Waals surface area contributed by atoms with E-state index in [1.165, 1.54) is 72.8 Å². The number of benzene rings is 8. The number of ketones is 2. The average Bonchev–Trinajstić information content (AvgIpc) is 3.35. The molecule has 2 N–H and O–H groups in total. The topological polar surface area (TPSA) is 207 Å². The maximum atomic E-state index is 12.7. The summed E-state index contributed by atoms with van der Waals surface area (Å²) in [4.78, 5) is 23.1. The molecular formula is C56H38F4K2O12S2. The van der Waals surface area contributed by atoms with Crippen molar-refractivity contribution in [2.75, 3.05) is 0 Å². The quantitative estimate of drug-likeness (QED) is 0.0455. The third-order valence-corrected chi connectivity index (χ3v) is 11.5. The Morgan fingerprint density at radius 1 is 0.461 bits per heavy atom. The first kappa shape index (κ1) is 64.5. The number of halogens is 4. The Labute approximate surface area is 521 Å². The molecule has 0 spiro atoms. The van der Waals surface area contributed by atoms with Gasteiger partial charge in [0.25, 0.3) is 0 Å². The van der Waals surface area contributed by atoms with Gasteiger partial charge >= 0.3 is 103 Å². The maximum Gasteiger partial charge on any atom is 1.00 e. The fraction of sp³-hybridized carbons (Fsp3) is 0.0357. The van der Waals surface area contributed by atoms with Crippen LogP contribution in [0.15, 0.2) is 180 Å². The molecule has 8 aromatic rings. The zero-order valence-corrected chi connectivity index (χ0v) is 48.5. The number of ether oxygens (including phenoxy) is 2. The molecule has 0 radical (unpaired) electrons. The van der Waals surface area contributed by atoms with E-state index in [9.17, 15) is 53.1 Å². The summed E-state index contributed by atoms with van der Waals surface area (Å²) < 4.78 is 128. The van der Waals surface area contributed by atoms with Gasteiger partial charge in [0, 0.05) is 51.6 Å². The molecule has 0 saturated carbocycles. The van der Waals surface area contributed by atoms with Crippen molar-refractivity contribution in [1.82, 2.24) is 0 Å². The summed E-state index contributed by atoms with van der Waals surface area (Å²) in [6, 6.07) is 38.7. The molecule has 0 aliphatic carbocycles. The van der Waals surface area contributed by atoms with Crippen LogP contribution in [0.1, 0.15) is 54.1 Å². The zero-order valence-electron chi connectivity index (χ0n) is 40.6. The first-order chi connectivity index (χ1) is 34.9. The summed E-state index contributed by atoms with van der Waals surface area (Å²) in [6.07, 6.45) is 10.4. The van der Waals surface area contributed by atoms with Gasteiger partial charge in [0.05, 0.1) is 4.90 Å². The summed E-state index contributed by atoms with van der Waals surface area (Å²) in [6.45, 7) is 3.78. The van der Waals surface area contributed by atoms with Crippen molar-refractivity contribution in [3.63, 3.8) is 0 Å². The van der Waals surface area contributed by atoms with E-state index in [0.717, 1.165) is 47.5 Å². The van der Waals surface area contributed by atoms with E-state index in [0.29, 0.717) is 39.6 Å². The van der Waals surface area contributed by atoms with Gasteiger partial charge in [-0.1, -0.05) is 41.7 Å². The van der Waals surface area contributed by atoms with Crippen LogP contribution < -0.4 is 112 Å². The van der Waals surface area contributed by atoms with Crippen molar-refractivity contribution < 1.29 is 176 Å². The Morgan fingerprint density at radius 3 is 1.34 bits per heavy atom. The second kappa shape index (κ2) is 29.7. The minimum absolute atomic E-state index is 0. The summed E-state index contributed by atoms with van der Waals surface area (Å²) >= 11 is 0. The Kier molecular flexibility index (Phi) is 25.2. The number of carbonyl (C=O) groups excluding carboxylic acids is 2. The molecule has 0 aliphatic heterocycles. The Balaban J connectivity index is 0.000000311. The number of phenols is 2. The van der Waals surface area contributed by atoms with Gasteiger partial charge in [-0.25, -0.2) is 34.4 Å². The van der Waals surface area contributed by atoms with Crippen LogP contribution in [0.25, 0.3) is 0 Å². The van der Waals surface area contributed by atoms with Crippen molar-refractivity contribution in [3.8, 4) is 59.2 Å². The molecule has 8 rings (SSSR count).